The molecular formula is C15H16N2O2. The Labute approximate surface area is 112 Å². The van der Waals surface area contributed by atoms with Crippen molar-refractivity contribution in [3.8, 4) is 5.75 Å². The third-order valence-electron chi connectivity index (χ3n) is 2.80. The van der Waals surface area contributed by atoms with Gasteiger partial charge in [0, 0.05) is 30.6 Å². The summed E-state index contributed by atoms with van der Waals surface area (Å²) in [5, 5.41) is 13.3. The van der Waals surface area contributed by atoms with Gasteiger partial charge in [-0.15, -0.1) is 0 Å². The topological polar surface area (TPSA) is 54.4 Å². The normalized spacial score (nSPS) is 11.7. The van der Waals surface area contributed by atoms with E-state index in [0.29, 0.717) is 11.3 Å². The summed E-state index contributed by atoms with van der Waals surface area (Å²) in [6, 6.07) is 11.1. The van der Waals surface area contributed by atoms with Crippen molar-refractivity contribution >= 4 is 11.5 Å². The van der Waals surface area contributed by atoms with Gasteiger partial charge in [-0.2, -0.15) is 0 Å². The Morgan fingerprint density at radius 3 is 2.42 bits per heavy atom. The Balaban J connectivity index is 2.43. The fraction of sp³-hybridized carbons (Fsp3) is 0.133. The van der Waals surface area contributed by atoms with Crippen LogP contribution in [-0.2, 0) is 0 Å². The van der Waals surface area contributed by atoms with Crippen LogP contribution in [0.5, 0.6) is 5.75 Å². The van der Waals surface area contributed by atoms with Crippen LogP contribution in [0.4, 0.5) is 0 Å². The van der Waals surface area contributed by atoms with Crippen LogP contribution in [-0.4, -0.2) is 24.2 Å². The van der Waals surface area contributed by atoms with Gasteiger partial charge < -0.3 is 15.2 Å². The zero-order chi connectivity index (χ0) is 13.7. The molecule has 0 saturated carbocycles. The number of pyridine rings is 1. The highest BCUT2D eigenvalue weighted by Crippen LogP contribution is 2.23. The number of aliphatic hydroxyl groups excluding tert-OH is 1. The van der Waals surface area contributed by atoms with E-state index < -0.39 is 0 Å². The summed E-state index contributed by atoms with van der Waals surface area (Å²) in [6.07, 6.45) is 3.29. The summed E-state index contributed by atoms with van der Waals surface area (Å²) in [5.41, 5.74) is 2.20. The van der Waals surface area contributed by atoms with Crippen LogP contribution in [0.15, 0.2) is 48.8 Å². The van der Waals surface area contributed by atoms with Gasteiger partial charge >= 0.3 is 0 Å². The zero-order valence-corrected chi connectivity index (χ0v) is 10.9. The van der Waals surface area contributed by atoms with Gasteiger partial charge in [-0.05, 0) is 36.4 Å². The Morgan fingerprint density at radius 2 is 1.89 bits per heavy atom. The van der Waals surface area contributed by atoms with Crippen molar-refractivity contribution in [1.29, 1.82) is 0 Å². The molecule has 2 N–H and O–H groups in total. The highest BCUT2D eigenvalue weighted by Gasteiger charge is 2.09. The molecule has 4 heteroatoms. The predicted octanol–water partition coefficient (Wildman–Crippen LogP) is 2.69. The number of rotatable bonds is 4. The van der Waals surface area contributed by atoms with Crippen LogP contribution in [0.25, 0.3) is 11.5 Å². The number of nitrogens with zero attached hydrogens (tertiary/aromatic N) is 1. The van der Waals surface area contributed by atoms with Crippen LogP contribution in [0, 0.1) is 0 Å². The van der Waals surface area contributed by atoms with E-state index in [0.717, 1.165) is 11.3 Å². The summed E-state index contributed by atoms with van der Waals surface area (Å²) in [4.78, 5) is 4.00. The highest BCUT2D eigenvalue weighted by atomic mass is 16.5. The quantitative estimate of drug-likeness (QED) is 0.826. The molecule has 0 saturated heterocycles. The summed E-state index contributed by atoms with van der Waals surface area (Å²) in [5.74, 6) is 0.945. The summed E-state index contributed by atoms with van der Waals surface area (Å²) >= 11 is 0. The molecule has 0 aliphatic rings. The zero-order valence-electron chi connectivity index (χ0n) is 10.9. The molecule has 0 bridgehead atoms. The molecule has 0 spiro atoms. The van der Waals surface area contributed by atoms with Crippen LogP contribution in [0.2, 0.25) is 0 Å². The van der Waals surface area contributed by atoms with Crippen molar-refractivity contribution in [2.75, 3.05) is 14.2 Å². The summed E-state index contributed by atoms with van der Waals surface area (Å²) < 4.78 is 5.12. The molecule has 2 rings (SSSR count). The molecule has 0 aliphatic heterocycles. The summed E-state index contributed by atoms with van der Waals surface area (Å²) in [6.45, 7) is 0. The first-order valence-electron chi connectivity index (χ1n) is 5.92. The molecule has 0 radical (unpaired) electrons. The molecule has 4 nitrogen and oxygen atoms in total. The average Bonchev–Trinajstić information content (AvgIpc) is 2.49. The maximum absolute atomic E-state index is 10.3. The van der Waals surface area contributed by atoms with Gasteiger partial charge in [0.2, 0.25) is 0 Å². The largest absolute Gasteiger partial charge is 0.505 e. The molecule has 1 aromatic heterocycles. The monoisotopic (exact) mass is 256 g/mol. The van der Waals surface area contributed by atoms with E-state index in [9.17, 15) is 5.11 Å². The second-order valence-electron chi connectivity index (χ2n) is 3.94. The second-order valence-corrected chi connectivity index (χ2v) is 3.94. The van der Waals surface area contributed by atoms with E-state index in [-0.39, 0.29) is 5.76 Å². The fourth-order valence-electron chi connectivity index (χ4n) is 1.80. The second kappa shape index (κ2) is 5.91. The maximum atomic E-state index is 10.3. The smallest absolute Gasteiger partial charge is 0.148 e. The number of aliphatic hydroxyl groups is 1. The molecule has 0 unspecified atom stereocenters. The van der Waals surface area contributed by atoms with Gasteiger partial charge in [-0.25, -0.2) is 0 Å². The third-order valence-corrected chi connectivity index (χ3v) is 2.80. The predicted molar refractivity (Wildman–Crippen MR) is 75.7 cm³/mol. The first-order chi connectivity index (χ1) is 9.26. The minimum absolute atomic E-state index is 0.167. The maximum Gasteiger partial charge on any atom is 0.148 e. The van der Waals surface area contributed by atoms with Gasteiger partial charge in [0.1, 0.15) is 11.5 Å². The van der Waals surface area contributed by atoms with E-state index in [1.807, 2.05) is 30.3 Å². The van der Waals surface area contributed by atoms with Gasteiger partial charge in [-0.3, -0.25) is 4.98 Å². The van der Waals surface area contributed by atoms with Crippen LogP contribution in [0.3, 0.4) is 0 Å². The molecule has 0 amide bonds. The number of nitrogens with one attached hydrogen (secondary N) is 1. The van der Waals surface area contributed by atoms with Gasteiger partial charge in [0.15, 0.2) is 0 Å². The molecule has 1 aromatic carbocycles. The lowest BCUT2D eigenvalue weighted by Gasteiger charge is -2.11. The van der Waals surface area contributed by atoms with Crippen molar-refractivity contribution in [3.05, 3.63) is 59.9 Å². The van der Waals surface area contributed by atoms with E-state index >= 15 is 0 Å². The average molecular weight is 256 g/mol. The molecule has 2 aromatic rings. The number of hydrogen-bond donors (Lipinski definition) is 2. The molecule has 0 fully saturated rings. The molecule has 19 heavy (non-hydrogen) atoms. The van der Waals surface area contributed by atoms with Gasteiger partial charge in [-0.1, -0.05) is 0 Å². The number of benzene rings is 1. The fourth-order valence-corrected chi connectivity index (χ4v) is 1.80. The Hall–Kier alpha value is -2.49. The van der Waals surface area contributed by atoms with E-state index in [1.165, 1.54) is 0 Å². The van der Waals surface area contributed by atoms with E-state index in [4.69, 9.17) is 4.74 Å². The van der Waals surface area contributed by atoms with Crippen molar-refractivity contribution < 1.29 is 9.84 Å². The molecule has 1 heterocycles. The minimum Gasteiger partial charge on any atom is -0.505 e. The molecule has 0 aliphatic carbocycles. The number of hydrogen-bond acceptors (Lipinski definition) is 4. The van der Waals surface area contributed by atoms with Gasteiger partial charge in [0.05, 0.1) is 12.8 Å². The van der Waals surface area contributed by atoms with Crippen LogP contribution in [0.1, 0.15) is 11.1 Å². The highest BCUT2D eigenvalue weighted by molar-refractivity contribution is 5.85. The van der Waals surface area contributed by atoms with Crippen molar-refractivity contribution in [3.63, 3.8) is 0 Å². The SMILES string of the molecule is CN/C(=C(\O)c1cccnc1)c1ccc(OC)cc1. The summed E-state index contributed by atoms with van der Waals surface area (Å²) in [7, 11) is 3.39. The minimum atomic E-state index is 0.167. The van der Waals surface area contributed by atoms with Crippen LogP contribution < -0.4 is 10.1 Å². The third kappa shape index (κ3) is 2.85. The van der Waals surface area contributed by atoms with Gasteiger partial charge in [0.25, 0.3) is 0 Å². The lowest BCUT2D eigenvalue weighted by molar-refractivity contribution is 0.414. The Bertz CT molecular complexity index is 562. The lowest BCUT2D eigenvalue weighted by Crippen LogP contribution is -2.08. The number of methoxy groups -OCH3 is 1. The Kier molecular flexibility index (Phi) is 4.03. The van der Waals surface area contributed by atoms with E-state index in [2.05, 4.69) is 10.3 Å². The molecular weight excluding hydrogens is 240 g/mol. The number of aromatic nitrogens is 1. The standard InChI is InChI=1S/C15H16N2O2/c1-16-14(11-5-7-13(19-2)8-6-11)15(18)12-4-3-9-17-10-12/h3-10,16,18H,1-2H3/b15-14-. The van der Waals surface area contributed by atoms with E-state index in [1.54, 1.807) is 32.6 Å². The van der Waals surface area contributed by atoms with Crippen molar-refractivity contribution in [1.82, 2.24) is 10.3 Å². The first-order valence-corrected chi connectivity index (χ1v) is 5.92. The van der Waals surface area contributed by atoms with Crippen molar-refractivity contribution in [2.45, 2.75) is 0 Å². The Morgan fingerprint density at radius 1 is 1.16 bits per heavy atom. The lowest BCUT2D eigenvalue weighted by atomic mass is 10.1. The van der Waals surface area contributed by atoms with Crippen LogP contribution >= 0.6 is 0 Å². The molecule has 0 atom stereocenters. The molecule has 98 valence electrons. The number of ether oxygens (including phenoxy) is 1. The van der Waals surface area contributed by atoms with Crippen molar-refractivity contribution in [2.24, 2.45) is 0 Å². The first kappa shape index (κ1) is 13.0.